The van der Waals surface area contributed by atoms with Crippen LogP contribution in [0.4, 0.5) is 0 Å². The van der Waals surface area contributed by atoms with Gasteiger partial charge in [0, 0.05) is 39.1 Å². The summed E-state index contributed by atoms with van der Waals surface area (Å²) in [6.07, 6.45) is 10.0. The van der Waals surface area contributed by atoms with Crippen molar-refractivity contribution in [3.8, 4) is 0 Å². The van der Waals surface area contributed by atoms with Crippen LogP contribution in [-0.4, -0.2) is 60.1 Å². The zero-order chi connectivity index (χ0) is 14.2. The molecule has 1 heterocycles. The Hall–Kier alpha value is -0.610. The normalized spacial score (nSPS) is 22.1. The molecular formula is C16H30N2O2. The number of aliphatic hydroxyl groups is 1. The molecule has 0 atom stereocenters. The smallest absolute Gasteiger partial charge is 0.222 e. The highest BCUT2D eigenvalue weighted by Gasteiger charge is 2.21. The molecule has 0 aromatic carbocycles. The highest BCUT2D eigenvalue weighted by molar-refractivity contribution is 5.76. The third kappa shape index (κ3) is 5.06. The Labute approximate surface area is 123 Å². The summed E-state index contributed by atoms with van der Waals surface area (Å²) in [6, 6.07) is 0. The molecule has 1 aliphatic carbocycles. The van der Waals surface area contributed by atoms with E-state index in [1.54, 1.807) is 0 Å². The topological polar surface area (TPSA) is 43.8 Å². The molecule has 1 aliphatic heterocycles. The Bertz CT molecular complexity index is 282. The van der Waals surface area contributed by atoms with Gasteiger partial charge in [0.05, 0.1) is 6.61 Å². The Morgan fingerprint density at radius 3 is 2.40 bits per heavy atom. The summed E-state index contributed by atoms with van der Waals surface area (Å²) in [6.45, 7) is 4.45. The highest BCUT2D eigenvalue weighted by Crippen LogP contribution is 2.27. The lowest BCUT2D eigenvalue weighted by Gasteiger charge is -2.34. The largest absolute Gasteiger partial charge is 0.395 e. The van der Waals surface area contributed by atoms with Crippen LogP contribution < -0.4 is 0 Å². The Morgan fingerprint density at radius 1 is 1.05 bits per heavy atom. The van der Waals surface area contributed by atoms with Crippen molar-refractivity contribution in [2.75, 3.05) is 39.3 Å². The minimum absolute atomic E-state index is 0.218. The maximum Gasteiger partial charge on any atom is 0.222 e. The lowest BCUT2D eigenvalue weighted by molar-refractivity contribution is -0.133. The standard InChI is InChI=1S/C16H30N2O2/c19-14-13-17-9-11-18(12-10-17)16(20)8-4-7-15-5-2-1-3-6-15/h15,19H,1-14H2. The quantitative estimate of drug-likeness (QED) is 0.809. The van der Waals surface area contributed by atoms with Gasteiger partial charge < -0.3 is 10.0 Å². The molecule has 1 amide bonds. The predicted molar refractivity (Wildman–Crippen MR) is 80.5 cm³/mol. The average Bonchev–Trinajstić information content (AvgIpc) is 2.49. The zero-order valence-electron chi connectivity index (χ0n) is 12.7. The van der Waals surface area contributed by atoms with Gasteiger partial charge in [-0.1, -0.05) is 32.1 Å². The van der Waals surface area contributed by atoms with Gasteiger partial charge in [-0.2, -0.15) is 0 Å². The molecule has 4 nitrogen and oxygen atoms in total. The summed E-state index contributed by atoms with van der Waals surface area (Å²) in [5, 5.41) is 8.91. The number of amides is 1. The van der Waals surface area contributed by atoms with Gasteiger partial charge in [-0.25, -0.2) is 0 Å². The highest BCUT2D eigenvalue weighted by atomic mass is 16.3. The van der Waals surface area contributed by atoms with Gasteiger partial charge in [-0.15, -0.1) is 0 Å². The van der Waals surface area contributed by atoms with Crippen molar-refractivity contribution in [1.29, 1.82) is 0 Å². The lowest BCUT2D eigenvalue weighted by Crippen LogP contribution is -2.49. The molecule has 1 N–H and O–H groups in total. The zero-order valence-corrected chi connectivity index (χ0v) is 12.7. The van der Waals surface area contributed by atoms with Gasteiger partial charge in [-0.3, -0.25) is 9.69 Å². The fraction of sp³-hybridized carbons (Fsp3) is 0.938. The molecule has 0 radical (unpaired) electrons. The predicted octanol–water partition coefficient (Wildman–Crippen LogP) is 1.87. The van der Waals surface area contributed by atoms with Crippen molar-refractivity contribution in [3.05, 3.63) is 0 Å². The number of piperazine rings is 1. The van der Waals surface area contributed by atoms with E-state index in [1.165, 1.54) is 38.5 Å². The molecule has 1 saturated heterocycles. The summed E-state index contributed by atoms with van der Waals surface area (Å²) >= 11 is 0. The van der Waals surface area contributed by atoms with E-state index in [9.17, 15) is 4.79 Å². The SMILES string of the molecule is O=C(CCCC1CCCCC1)N1CCN(CCO)CC1. The number of carbonyl (C=O) groups excluding carboxylic acids is 1. The van der Waals surface area contributed by atoms with Crippen LogP contribution in [0.2, 0.25) is 0 Å². The van der Waals surface area contributed by atoms with Gasteiger partial charge in [0.15, 0.2) is 0 Å². The summed E-state index contributed by atoms with van der Waals surface area (Å²) in [5.41, 5.74) is 0. The van der Waals surface area contributed by atoms with Crippen LogP contribution in [0, 0.1) is 5.92 Å². The van der Waals surface area contributed by atoms with Crippen molar-refractivity contribution in [2.45, 2.75) is 51.4 Å². The number of aliphatic hydroxyl groups excluding tert-OH is 1. The molecule has 20 heavy (non-hydrogen) atoms. The number of β-amino-alcohol motifs (C(OH)–C–C–N with tert-alkyl or cyclic N) is 1. The molecule has 2 fully saturated rings. The molecular weight excluding hydrogens is 252 g/mol. The Morgan fingerprint density at radius 2 is 1.75 bits per heavy atom. The van der Waals surface area contributed by atoms with E-state index in [0.717, 1.165) is 51.5 Å². The second-order valence-electron chi connectivity index (χ2n) is 6.34. The van der Waals surface area contributed by atoms with E-state index in [1.807, 2.05) is 4.90 Å². The van der Waals surface area contributed by atoms with Gasteiger partial charge in [-0.05, 0) is 18.8 Å². The van der Waals surface area contributed by atoms with Crippen LogP contribution in [0.1, 0.15) is 51.4 Å². The molecule has 4 heteroatoms. The van der Waals surface area contributed by atoms with Gasteiger partial charge in [0.2, 0.25) is 5.91 Å². The minimum Gasteiger partial charge on any atom is -0.395 e. The van der Waals surface area contributed by atoms with E-state index in [4.69, 9.17) is 5.11 Å². The maximum atomic E-state index is 12.2. The maximum absolute atomic E-state index is 12.2. The van der Waals surface area contributed by atoms with Crippen LogP contribution in [0.15, 0.2) is 0 Å². The molecule has 0 bridgehead atoms. The van der Waals surface area contributed by atoms with Crippen molar-refractivity contribution in [3.63, 3.8) is 0 Å². The van der Waals surface area contributed by atoms with E-state index in [0.29, 0.717) is 5.91 Å². The Balaban J connectivity index is 1.58. The fourth-order valence-electron chi connectivity index (χ4n) is 3.54. The summed E-state index contributed by atoms with van der Waals surface area (Å²) in [4.78, 5) is 16.4. The van der Waals surface area contributed by atoms with Crippen molar-refractivity contribution in [2.24, 2.45) is 5.92 Å². The van der Waals surface area contributed by atoms with Crippen LogP contribution in [-0.2, 0) is 4.79 Å². The first kappa shape index (κ1) is 15.8. The van der Waals surface area contributed by atoms with E-state index in [2.05, 4.69) is 4.90 Å². The van der Waals surface area contributed by atoms with E-state index < -0.39 is 0 Å². The first-order chi connectivity index (χ1) is 9.79. The van der Waals surface area contributed by atoms with E-state index >= 15 is 0 Å². The number of rotatable bonds is 6. The summed E-state index contributed by atoms with van der Waals surface area (Å²) < 4.78 is 0. The van der Waals surface area contributed by atoms with Gasteiger partial charge in [0.1, 0.15) is 0 Å². The van der Waals surface area contributed by atoms with Crippen molar-refractivity contribution >= 4 is 5.91 Å². The number of nitrogens with zero attached hydrogens (tertiary/aromatic N) is 2. The van der Waals surface area contributed by atoms with Gasteiger partial charge >= 0.3 is 0 Å². The minimum atomic E-state index is 0.218. The summed E-state index contributed by atoms with van der Waals surface area (Å²) in [5.74, 6) is 1.22. The number of hydrogen-bond donors (Lipinski definition) is 1. The molecule has 0 spiro atoms. The molecule has 2 rings (SSSR count). The first-order valence-electron chi connectivity index (χ1n) is 8.40. The average molecular weight is 282 g/mol. The second-order valence-corrected chi connectivity index (χ2v) is 6.34. The van der Waals surface area contributed by atoms with Crippen molar-refractivity contribution in [1.82, 2.24) is 9.80 Å². The molecule has 2 aliphatic rings. The molecule has 0 aromatic rings. The number of carbonyl (C=O) groups is 1. The van der Waals surface area contributed by atoms with Gasteiger partial charge in [0.25, 0.3) is 0 Å². The monoisotopic (exact) mass is 282 g/mol. The van der Waals surface area contributed by atoms with Crippen LogP contribution in [0.3, 0.4) is 0 Å². The third-order valence-electron chi connectivity index (χ3n) is 4.87. The molecule has 1 saturated carbocycles. The van der Waals surface area contributed by atoms with Crippen LogP contribution in [0.25, 0.3) is 0 Å². The lowest BCUT2D eigenvalue weighted by atomic mass is 9.86. The van der Waals surface area contributed by atoms with E-state index in [-0.39, 0.29) is 6.61 Å². The fourth-order valence-corrected chi connectivity index (χ4v) is 3.54. The van der Waals surface area contributed by atoms with Crippen molar-refractivity contribution < 1.29 is 9.90 Å². The third-order valence-corrected chi connectivity index (χ3v) is 4.87. The molecule has 0 aromatic heterocycles. The summed E-state index contributed by atoms with van der Waals surface area (Å²) in [7, 11) is 0. The number of hydrogen-bond acceptors (Lipinski definition) is 3. The van der Waals surface area contributed by atoms with Crippen LogP contribution in [0.5, 0.6) is 0 Å². The molecule has 116 valence electrons. The van der Waals surface area contributed by atoms with Crippen LogP contribution >= 0.6 is 0 Å². The second kappa shape index (κ2) is 8.63. The Kier molecular flexibility index (Phi) is 6.80. The molecule has 0 unspecified atom stereocenters. The first-order valence-corrected chi connectivity index (χ1v) is 8.40.